The van der Waals surface area contributed by atoms with E-state index in [1.807, 2.05) is 26.2 Å². The fourth-order valence-corrected chi connectivity index (χ4v) is 3.87. The van der Waals surface area contributed by atoms with E-state index in [0.29, 0.717) is 22.6 Å². The summed E-state index contributed by atoms with van der Waals surface area (Å²) in [5, 5.41) is 17.3. The second kappa shape index (κ2) is 6.56. The van der Waals surface area contributed by atoms with Gasteiger partial charge in [0, 0.05) is 30.1 Å². The highest BCUT2D eigenvalue weighted by molar-refractivity contribution is 5.86. The van der Waals surface area contributed by atoms with E-state index in [9.17, 15) is 4.39 Å². The molecule has 1 N–H and O–H groups in total. The third kappa shape index (κ3) is 2.90. The maximum Gasteiger partial charge on any atom is 0.154 e. The zero-order valence-corrected chi connectivity index (χ0v) is 15.8. The minimum Gasteiger partial charge on any atom is -0.317 e. The molecule has 1 fully saturated rings. The zero-order chi connectivity index (χ0) is 19.3. The Morgan fingerprint density at radius 3 is 2.71 bits per heavy atom. The van der Waals surface area contributed by atoms with Gasteiger partial charge in [0.1, 0.15) is 16.6 Å². The van der Waals surface area contributed by atoms with Crippen LogP contribution in [0.3, 0.4) is 0 Å². The summed E-state index contributed by atoms with van der Waals surface area (Å²) in [5.74, 6) is 0.462. The van der Waals surface area contributed by atoms with Gasteiger partial charge in [0.2, 0.25) is 0 Å². The molecule has 0 bridgehead atoms. The number of fused-ring (bicyclic) bond motifs is 2. The summed E-state index contributed by atoms with van der Waals surface area (Å²) in [6, 6.07) is 5.20. The Balaban J connectivity index is 1.59. The Morgan fingerprint density at radius 1 is 1.07 bits per heavy atom. The Hall–Kier alpha value is -3.00. The molecule has 0 unspecified atom stereocenters. The molecule has 0 radical (unpaired) electrons. The van der Waals surface area contributed by atoms with E-state index in [0.717, 1.165) is 42.5 Å². The monoisotopic (exact) mass is 377 g/mol. The minimum atomic E-state index is -0.400. The van der Waals surface area contributed by atoms with Crippen molar-refractivity contribution in [1.29, 1.82) is 0 Å². The van der Waals surface area contributed by atoms with Crippen molar-refractivity contribution < 1.29 is 4.39 Å². The predicted molar refractivity (Wildman–Crippen MR) is 104 cm³/mol. The molecule has 1 aliphatic rings. The first-order valence-electron chi connectivity index (χ1n) is 9.44. The first-order valence-corrected chi connectivity index (χ1v) is 9.44. The second-order valence-corrected chi connectivity index (χ2v) is 7.35. The SMILES string of the molecule is Cc1nc(-c2cc(F)c3nc(C4CCNCC4)nnc3c2)cc2cn(C)nc12. The largest absolute Gasteiger partial charge is 0.317 e. The molecule has 4 heterocycles. The molecular formula is C20H20FN7. The lowest BCUT2D eigenvalue weighted by atomic mass is 9.97. The number of hydrogen-bond acceptors (Lipinski definition) is 6. The van der Waals surface area contributed by atoms with Crippen LogP contribution >= 0.6 is 0 Å². The molecule has 1 saturated heterocycles. The van der Waals surface area contributed by atoms with Crippen LogP contribution in [-0.2, 0) is 7.05 Å². The van der Waals surface area contributed by atoms with Gasteiger partial charge < -0.3 is 5.32 Å². The molecule has 0 spiro atoms. The summed E-state index contributed by atoms with van der Waals surface area (Å²) in [6.07, 6.45) is 3.82. The number of nitrogens with zero attached hydrogens (tertiary/aromatic N) is 6. The average Bonchev–Trinajstić information content (AvgIpc) is 3.09. The zero-order valence-electron chi connectivity index (χ0n) is 15.8. The van der Waals surface area contributed by atoms with Crippen molar-refractivity contribution in [2.45, 2.75) is 25.7 Å². The van der Waals surface area contributed by atoms with Gasteiger partial charge in [-0.05, 0) is 51.1 Å². The average molecular weight is 377 g/mol. The number of piperidine rings is 1. The van der Waals surface area contributed by atoms with Crippen LogP contribution in [0.2, 0.25) is 0 Å². The Bertz CT molecular complexity index is 1190. The molecular weight excluding hydrogens is 357 g/mol. The van der Waals surface area contributed by atoms with Crippen LogP contribution in [0.5, 0.6) is 0 Å². The number of pyridine rings is 1. The molecule has 5 rings (SSSR count). The van der Waals surface area contributed by atoms with E-state index >= 15 is 0 Å². The van der Waals surface area contributed by atoms with Gasteiger partial charge in [-0.25, -0.2) is 9.37 Å². The number of hydrogen-bond donors (Lipinski definition) is 1. The quantitative estimate of drug-likeness (QED) is 0.578. The molecule has 0 aliphatic carbocycles. The van der Waals surface area contributed by atoms with Gasteiger partial charge in [-0.1, -0.05) is 0 Å². The molecule has 3 aromatic heterocycles. The summed E-state index contributed by atoms with van der Waals surface area (Å²) in [4.78, 5) is 9.10. The molecule has 7 nitrogen and oxygen atoms in total. The molecule has 8 heteroatoms. The molecule has 0 amide bonds. The van der Waals surface area contributed by atoms with Crippen molar-refractivity contribution in [1.82, 2.24) is 35.3 Å². The van der Waals surface area contributed by atoms with Crippen LogP contribution in [0.25, 0.3) is 33.2 Å². The summed E-state index contributed by atoms with van der Waals surface area (Å²) < 4.78 is 16.7. The second-order valence-electron chi connectivity index (χ2n) is 7.35. The van der Waals surface area contributed by atoms with Crippen molar-refractivity contribution in [2.75, 3.05) is 13.1 Å². The minimum absolute atomic E-state index is 0.231. The van der Waals surface area contributed by atoms with Gasteiger partial charge in [-0.15, -0.1) is 10.2 Å². The first-order chi connectivity index (χ1) is 13.6. The molecule has 1 aromatic carbocycles. The van der Waals surface area contributed by atoms with Gasteiger partial charge in [0.15, 0.2) is 11.6 Å². The van der Waals surface area contributed by atoms with Crippen molar-refractivity contribution >= 4 is 21.9 Å². The van der Waals surface area contributed by atoms with Crippen LogP contribution in [0.4, 0.5) is 4.39 Å². The Labute approximate surface area is 161 Å². The first kappa shape index (κ1) is 17.1. The van der Waals surface area contributed by atoms with Gasteiger partial charge >= 0.3 is 0 Å². The lowest BCUT2D eigenvalue weighted by molar-refractivity contribution is 0.442. The molecule has 4 aromatic rings. The van der Waals surface area contributed by atoms with Gasteiger partial charge in [0.05, 0.1) is 11.4 Å². The number of nitrogens with one attached hydrogen (secondary N) is 1. The van der Waals surface area contributed by atoms with E-state index in [-0.39, 0.29) is 11.4 Å². The third-order valence-electron chi connectivity index (χ3n) is 5.31. The van der Waals surface area contributed by atoms with Crippen LogP contribution in [0.1, 0.15) is 30.3 Å². The maximum absolute atomic E-state index is 14.9. The highest BCUT2D eigenvalue weighted by Crippen LogP contribution is 2.28. The lowest BCUT2D eigenvalue weighted by Gasteiger charge is -2.20. The van der Waals surface area contributed by atoms with Crippen molar-refractivity contribution in [3.05, 3.63) is 41.7 Å². The van der Waals surface area contributed by atoms with Gasteiger partial charge in [-0.3, -0.25) is 9.67 Å². The fourth-order valence-electron chi connectivity index (χ4n) is 3.87. The Morgan fingerprint density at radius 2 is 1.89 bits per heavy atom. The van der Waals surface area contributed by atoms with Crippen molar-refractivity contribution in [3.8, 4) is 11.3 Å². The normalized spacial score (nSPS) is 15.5. The standard InChI is InChI=1S/C20H20FN7/c1-11-18-14(10-28(2)27-18)9-16(23-11)13-7-15(21)19-17(8-13)25-26-20(24-19)12-3-5-22-6-4-12/h7-10,12,22H,3-6H2,1-2H3. The number of halogens is 1. The number of aryl methyl sites for hydroxylation is 2. The number of rotatable bonds is 2. The number of aromatic nitrogens is 6. The highest BCUT2D eigenvalue weighted by atomic mass is 19.1. The lowest BCUT2D eigenvalue weighted by Crippen LogP contribution is -2.27. The Kier molecular flexibility index (Phi) is 4.01. The number of benzene rings is 1. The van der Waals surface area contributed by atoms with Crippen LogP contribution < -0.4 is 5.32 Å². The summed E-state index contributed by atoms with van der Waals surface area (Å²) in [5.41, 5.74) is 3.71. The molecule has 142 valence electrons. The van der Waals surface area contributed by atoms with Crippen LogP contribution in [-0.4, -0.2) is 43.0 Å². The topological polar surface area (TPSA) is 81.4 Å². The molecule has 0 atom stereocenters. The maximum atomic E-state index is 14.9. The van der Waals surface area contributed by atoms with Gasteiger partial charge in [-0.2, -0.15) is 5.10 Å². The van der Waals surface area contributed by atoms with Crippen molar-refractivity contribution in [3.63, 3.8) is 0 Å². The van der Waals surface area contributed by atoms with E-state index in [1.54, 1.807) is 10.7 Å². The van der Waals surface area contributed by atoms with E-state index < -0.39 is 5.82 Å². The van der Waals surface area contributed by atoms with E-state index in [1.165, 1.54) is 6.07 Å². The van der Waals surface area contributed by atoms with Crippen LogP contribution in [0.15, 0.2) is 24.4 Å². The predicted octanol–water partition coefficient (Wildman–Crippen LogP) is 2.89. The molecule has 28 heavy (non-hydrogen) atoms. The van der Waals surface area contributed by atoms with E-state index in [2.05, 4.69) is 30.6 Å². The van der Waals surface area contributed by atoms with Gasteiger partial charge in [0.25, 0.3) is 0 Å². The molecule has 0 saturated carbocycles. The smallest absolute Gasteiger partial charge is 0.154 e. The summed E-state index contributed by atoms with van der Waals surface area (Å²) in [6.45, 7) is 3.76. The third-order valence-corrected chi connectivity index (χ3v) is 5.31. The summed E-state index contributed by atoms with van der Waals surface area (Å²) in [7, 11) is 1.87. The van der Waals surface area contributed by atoms with Crippen LogP contribution in [0, 0.1) is 12.7 Å². The van der Waals surface area contributed by atoms with Crippen molar-refractivity contribution in [2.24, 2.45) is 7.05 Å². The fraction of sp³-hybridized carbons (Fsp3) is 0.350. The summed E-state index contributed by atoms with van der Waals surface area (Å²) >= 11 is 0. The highest BCUT2D eigenvalue weighted by Gasteiger charge is 2.20. The molecule has 1 aliphatic heterocycles. The van der Waals surface area contributed by atoms with E-state index in [4.69, 9.17) is 0 Å².